The summed E-state index contributed by atoms with van der Waals surface area (Å²) >= 11 is 1.57. The maximum absolute atomic E-state index is 11.4. The normalized spacial score (nSPS) is 11.9. The quantitative estimate of drug-likeness (QED) is 0.719. The zero-order valence-corrected chi connectivity index (χ0v) is 11.0. The Bertz CT molecular complexity index is 419. The lowest BCUT2D eigenvalue weighted by molar-refractivity contribution is -0.147. The van der Waals surface area contributed by atoms with E-state index in [1.165, 1.54) is 7.11 Å². The number of carbonyl (C=O) groups excluding carboxylic acids is 1. The molecule has 0 aliphatic rings. The van der Waals surface area contributed by atoms with Gasteiger partial charge in [0, 0.05) is 13.7 Å². The Labute approximate surface area is 109 Å². The number of urea groups is 1. The van der Waals surface area contributed by atoms with Gasteiger partial charge in [0.15, 0.2) is 6.10 Å². The number of nitrogens with one attached hydrogen (secondary N) is 2. The number of methoxy groups -OCH3 is 1. The highest BCUT2D eigenvalue weighted by Crippen LogP contribution is 2.12. The van der Waals surface area contributed by atoms with Crippen LogP contribution in [-0.4, -0.2) is 36.9 Å². The van der Waals surface area contributed by atoms with Gasteiger partial charge < -0.3 is 20.5 Å². The second kappa shape index (κ2) is 6.97. The number of rotatable bonds is 6. The number of ether oxygens (including phenoxy) is 1. The molecule has 0 aromatic carbocycles. The maximum Gasteiger partial charge on any atom is 0.334 e. The Morgan fingerprint density at radius 1 is 1.44 bits per heavy atom. The van der Waals surface area contributed by atoms with Crippen molar-refractivity contribution < 1.29 is 19.4 Å². The summed E-state index contributed by atoms with van der Waals surface area (Å²) in [7, 11) is 1.28. The molecule has 2 amide bonds. The first kappa shape index (κ1) is 14.5. The lowest BCUT2D eigenvalue weighted by Crippen LogP contribution is -2.42. The van der Waals surface area contributed by atoms with Crippen LogP contribution in [0.3, 0.4) is 0 Å². The van der Waals surface area contributed by atoms with Crippen LogP contribution in [0.25, 0.3) is 0 Å². The third kappa shape index (κ3) is 4.34. The molecule has 6 nitrogen and oxygen atoms in total. The summed E-state index contributed by atoms with van der Waals surface area (Å²) in [5, 5.41) is 17.8. The number of hydrogen-bond donors (Lipinski definition) is 3. The van der Waals surface area contributed by atoms with Gasteiger partial charge in [-0.3, -0.25) is 0 Å². The van der Waals surface area contributed by atoms with Crippen molar-refractivity contribution in [3.05, 3.63) is 21.9 Å². The maximum atomic E-state index is 11.4. The van der Waals surface area contributed by atoms with E-state index in [1.807, 2.05) is 17.7 Å². The first-order valence-electron chi connectivity index (χ1n) is 5.33. The molecule has 7 heteroatoms. The molecule has 0 aliphatic carbocycles. The molecule has 1 aromatic heterocycles. The molecule has 1 unspecified atom stereocenters. The average Bonchev–Trinajstić information content (AvgIpc) is 2.72. The molecule has 1 heterocycles. The Morgan fingerprint density at radius 3 is 2.67 bits per heavy atom. The minimum atomic E-state index is -1.11. The van der Waals surface area contributed by atoms with E-state index in [4.69, 9.17) is 9.84 Å². The van der Waals surface area contributed by atoms with E-state index in [-0.39, 0.29) is 6.54 Å². The van der Waals surface area contributed by atoms with Crippen LogP contribution in [0.15, 0.2) is 10.8 Å². The van der Waals surface area contributed by atoms with Gasteiger partial charge in [-0.05, 0) is 28.8 Å². The zero-order chi connectivity index (χ0) is 13.5. The third-order valence-corrected chi connectivity index (χ3v) is 3.32. The molecule has 0 saturated carbocycles. The van der Waals surface area contributed by atoms with Gasteiger partial charge in [-0.25, -0.2) is 9.59 Å². The Kier molecular flexibility index (Phi) is 5.60. The topological polar surface area (TPSA) is 87.7 Å². The molecule has 0 spiro atoms. The summed E-state index contributed by atoms with van der Waals surface area (Å²) < 4.78 is 4.69. The number of amides is 2. The summed E-state index contributed by atoms with van der Waals surface area (Å²) in [6.07, 6.45) is -1.03. The van der Waals surface area contributed by atoms with Gasteiger partial charge in [0.25, 0.3) is 0 Å². The van der Waals surface area contributed by atoms with E-state index < -0.39 is 18.1 Å². The molecule has 1 atom stereocenters. The molecule has 0 saturated heterocycles. The summed E-state index contributed by atoms with van der Waals surface area (Å²) in [5.74, 6) is -1.11. The smallest absolute Gasteiger partial charge is 0.334 e. The number of aliphatic carboxylic acids is 1. The highest BCUT2D eigenvalue weighted by Gasteiger charge is 2.16. The van der Waals surface area contributed by atoms with Crippen molar-refractivity contribution >= 4 is 23.3 Å². The molecular formula is C11H16N2O4S. The van der Waals surface area contributed by atoms with Crippen LogP contribution in [0.1, 0.15) is 11.1 Å². The van der Waals surface area contributed by atoms with Gasteiger partial charge in [0.05, 0.1) is 6.54 Å². The van der Waals surface area contributed by atoms with Crippen LogP contribution >= 0.6 is 11.3 Å². The first-order valence-corrected chi connectivity index (χ1v) is 6.27. The monoisotopic (exact) mass is 272 g/mol. The van der Waals surface area contributed by atoms with E-state index in [2.05, 4.69) is 10.6 Å². The lowest BCUT2D eigenvalue weighted by Gasteiger charge is -2.12. The summed E-state index contributed by atoms with van der Waals surface area (Å²) in [5.41, 5.74) is 2.18. The molecule has 1 aromatic rings. The van der Waals surface area contributed by atoms with Crippen LogP contribution in [0.5, 0.6) is 0 Å². The van der Waals surface area contributed by atoms with Crippen LogP contribution in [0.4, 0.5) is 4.79 Å². The fraction of sp³-hybridized carbons (Fsp3) is 0.455. The van der Waals surface area contributed by atoms with Crippen LogP contribution < -0.4 is 10.6 Å². The molecule has 100 valence electrons. The highest BCUT2D eigenvalue weighted by atomic mass is 32.1. The first-order chi connectivity index (χ1) is 8.54. The van der Waals surface area contributed by atoms with Crippen LogP contribution in [-0.2, 0) is 16.1 Å². The molecule has 1 rings (SSSR count). The minimum absolute atomic E-state index is 0.0692. The van der Waals surface area contributed by atoms with E-state index in [9.17, 15) is 9.59 Å². The molecule has 0 aliphatic heterocycles. The largest absolute Gasteiger partial charge is 0.479 e. The van der Waals surface area contributed by atoms with Crippen molar-refractivity contribution in [1.82, 2.24) is 10.6 Å². The minimum Gasteiger partial charge on any atom is -0.479 e. The van der Waals surface area contributed by atoms with Crippen molar-refractivity contribution in [3.63, 3.8) is 0 Å². The number of aryl methyl sites for hydroxylation is 1. The summed E-state index contributed by atoms with van der Waals surface area (Å²) in [6.45, 7) is 2.32. The number of carboxylic acids is 1. The van der Waals surface area contributed by atoms with Gasteiger partial charge in [-0.1, -0.05) is 0 Å². The Hall–Kier alpha value is -1.60. The van der Waals surface area contributed by atoms with E-state index in [0.717, 1.165) is 11.1 Å². The van der Waals surface area contributed by atoms with Gasteiger partial charge >= 0.3 is 12.0 Å². The SMILES string of the molecule is COC(CNC(=O)NCc1cscc1C)C(=O)O. The Morgan fingerprint density at radius 2 is 2.17 bits per heavy atom. The van der Waals surface area contributed by atoms with Gasteiger partial charge in [0.1, 0.15) is 0 Å². The Balaban J connectivity index is 2.30. The average molecular weight is 272 g/mol. The number of thiophene rings is 1. The van der Waals surface area contributed by atoms with Crippen molar-refractivity contribution in [2.75, 3.05) is 13.7 Å². The predicted molar refractivity (Wildman–Crippen MR) is 67.7 cm³/mol. The van der Waals surface area contributed by atoms with Crippen LogP contribution in [0, 0.1) is 6.92 Å². The van der Waals surface area contributed by atoms with Gasteiger partial charge in [-0.2, -0.15) is 11.3 Å². The van der Waals surface area contributed by atoms with Crippen molar-refractivity contribution in [3.8, 4) is 0 Å². The number of carboxylic acid groups (broad SMARTS) is 1. The molecule has 0 bridgehead atoms. The fourth-order valence-corrected chi connectivity index (χ4v) is 2.12. The standard InChI is InChI=1S/C11H16N2O4S/c1-7-5-18-6-8(7)3-12-11(16)13-4-9(17-2)10(14)15/h5-6,9H,3-4H2,1-2H3,(H,14,15)(H2,12,13,16). The molecule has 0 fully saturated rings. The lowest BCUT2D eigenvalue weighted by atomic mass is 10.2. The zero-order valence-electron chi connectivity index (χ0n) is 10.2. The van der Waals surface area contributed by atoms with Crippen molar-refractivity contribution in [2.45, 2.75) is 19.6 Å². The molecule has 0 radical (unpaired) electrons. The molecule has 18 heavy (non-hydrogen) atoms. The third-order valence-electron chi connectivity index (χ3n) is 2.41. The summed E-state index contributed by atoms with van der Waals surface area (Å²) in [6, 6.07) is -0.413. The number of carbonyl (C=O) groups is 2. The fourth-order valence-electron chi connectivity index (χ4n) is 1.26. The second-order valence-electron chi connectivity index (χ2n) is 3.71. The summed E-state index contributed by atoms with van der Waals surface area (Å²) in [4.78, 5) is 22.1. The van der Waals surface area contributed by atoms with Crippen LogP contribution in [0.2, 0.25) is 0 Å². The van der Waals surface area contributed by atoms with Crippen molar-refractivity contribution in [1.29, 1.82) is 0 Å². The highest BCUT2D eigenvalue weighted by molar-refractivity contribution is 7.08. The number of hydrogen-bond acceptors (Lipinski definition) is 4. The van der Waals surface area contributed by atoms with Gasteiger partial charge in [-0.15, -0.1) is 0 Å². The van der Waals surface area contributed by atoms with E-state index >= 15 is 0 Å². The van der Waals surface area contributed by atoms with Crippen molar-refractivity contribution in [2.24, 2.45) is 0 Å². The van der Waals surface area contributed by atoms with E-state index in [0.29, 0.717) is 6.54 Å². The predicted octanol–water partition coefficient (Wildman–Crippen LogP) is 0.955. The van der Waals surface area contributed by atoms with E-state index in [1.54, 1.807) is 11.3 Å². The van der Waals surface area contributed by atoms with Gasteiger partial charge in [0.2, 0.25) is 0 Å². The molecular weight excluding hydrogens is 256 g/mol. The molecule has 3 N–H and O–H groups in total. The second-order valence-corrected chi connectivity index (χ2v) is 4.45.